The van der Waals surface area contributed by atoms with Crippen LogP contribution >= 0.6 is 12.2 Å². The molecule has 0 spiro atoms. The molecule has 1 unspecified atom stereocenters. The molecule has 0 aromatic rings. The number of amides is 1. The van der Waals surface area contributed by atoms with E-state index in [1.807, 2.05) is 34.6 Å². The molecular weight excluding hydrogens is 208 g/mol. The fourth-order valence-corrected chi connectivity index (χ4v) is 1.35. The number of carbonyl (C=O) groups excluding carboxylic acids is 1. The molecule has 0 rings (SSSR count). The van der Waals surface area contributed by atoms with Gasteiger partial charge in [-0.05, 0) is 18.8 Å². The zero-order chi connectivity index (χ0) is 12.3. The molecule has 0 aromatic heterocycles. The fraction of sp³-hybridized carbons (Fsp3) is 0.818. The van der Waals surface area contributed by atoms with E-state index in [4.69, 9.17) is 18.0 Å². The summed E-state index contributed by atoms with van der Waals surface area (Å²) >= 11 is 4.95. The van der Waals surface area contributed by atoms with Crippen LogP contribution in [0.5, 0.6) is 0 Å². The molecule has 1 amide bonds. The van der Waals surface area contributed by atoms with Crippen LogP contribution in [0.15, 0.2) is 0 Å². The van der Waals surface area contributed by atoms with Crippen LogP contribution in [0, 0.1) is 5.41 Å². The molecule has 0 bridgehead atoms. The topological polar surface area (TPSA) is 55.1 Å². The molecule has 0 saturated heterocycles. The standard InChI is InChI=1S/C11H22N2OS/c1-6-11(5,9(12)15)13-8(14)7-10(2,3)4/h6-7H2,1-5H3,(H2,12,15)(H,13,14). The molecule has 88 valence electrons. The summed E-state index contributed by atoms with van der Waals surface area (Å²) in [6, 6.07) is 0. The van der Waals surface area contributed by atoms with Crippen LogP contribution in [-0.2, 0) is 4.79 Å². The van der Waals surface area contributed by atoms with Crippen LogP contribution < -0.4 is 11.1 Å². The van der Waals surface area contributed by atoms with Crippen molar-refractivity contribution in [2.75, 3.05) is 0 Å². The van der Waals surface area contributed by atoms with Gasteiger partial charge in [0.15, 0.2) is 0 Å². The zero-order valence-electron chi connectivity index (χ0n) is 10.3. The first kappa shape index (κ1) is 14.4. The van der Waals surface area contributed by atoms with Crippen molar-refractivity contribution >= 4 is 23.1 Å². The Balaban J connectivity index is 4.45. The lowest BCUT2D eigenvalue weighted by molar-refractivity contribution is -0.123. The minimum absolute atomic E-state index is 0.000324. The highest BCUT2D eigenvalue weighted by atomic mass is 32.1. The third kappa shape index (κ3) is 5.11. The second-order valence-electron chi connectivity index (χ2n) is 5.34. The summed E-state index contributed by atoms with van der Waals surface area (Å²) < 4.78 is 0. The summed E-state index contributed by atoms with van der Waals surface area (Å²) in [6.07, 6.45) is 1.18. The fourth-order valence-electron chi connectivity index (χ4n) is 1.16. The van der Waals surface area contributed by atoms with Crippen LogP contribution in [0.3, 0.4) is 0 Å². The van der Waals surface area contributed by atoms with E-state index < -0.39 is 5.54 Å². The Morgan fingerprint density at radius 2 is 1.80 bits per heavy atom. The molecule has 3 nitrogen and oxygen atoms in total. The Labute approximate surface area is 97.8 Å². The summed E-state index contributed by atoms with van der Waals surface area (Å²) in [5, 5.41) is 2.89. The van der Waals surface area contributed by atoms with Gasteiger partial charge in [-0.25, -0.2) is 0 Å². The van der Waals surface area contributed by atoms with Crippen molar-refractivity contribution in [2.45, 2.75) is 53.0 Å². The van der Waals surface area contributed by atoms with Crippen molar-refractivity contribution in [1.82, 2.24) is 5.32 Å². The van der Waals surface area contributed by atoms with E-state index in [9.17, 15) is 4.79 Å². The monoisotopic (exact) mass is 230 g/mol. The summed E-state index contributed by atoms with van der Waals surface area (Å²) in [5.41, 5.74) is 5.03. The molecule has 0 aliphatic heterocycles. The highest BCUT2D eigenvalue weighted by Gasteiger charge is 2.28. The molecule has 3 N–H and O–H groups in total. The van der Waals surface area contributed by atoms with Gasteiger partial charge >= 0.3 is 0 Å². The van der Waals surface area contributed by atoms with Gasteiger partial charge in [-0.1, -0.05) is 39.9 Å². The van der Waals surface area contributed by atoms with E-state index >= 15 is 0 Å². The smallest absolute Gasteiger partial charge is 0.221 e. The van der Waals surface area contributed by atoms with Crippen LogP contribution in [0.2, 0.25) is 0 Å². The van der Waals surface area contributed by atoms with Gasteiger partial charge in [0.25, 0.3) is 0 Å². The molecule has 0 aliphatic carbocycles. The SMILES string of the molecule is CCC(C)(NC(=O)CC(C)(C)C)C(N)=S. The van der Waals surface area contributed by atoms with E-state index in [-0.39, 0.29) is 11.3 Å². The van der Waals surface area contributed by atoms with Crippen molar-refractivity contribution < 1.29 is 4.79 Å². The van der Waals surface area contributed by atoms with Crippen molar-refractivity contribution in [2.24, 2.45) is 11.1 Å². The van der Waals surface area contributed by atoms with Crippen molar-refractivity contribution in [3.63, 3.8) is 0 Å². The van der Waals surface area contributed by atoms with Crippen molar-refractivity contribution in [3.05, 3.63) is 0 Å². The van der Waals surface area contributed by atoms with Crippen LogP contribution in [0.4, 0.5) is 0 Å². The third-order valence-corrected chi connectivity index (χ3v) is 2.81. The maximum Gasteiger partial charge on any atom is 0.221 e. The molecule has 0 saturated carbocycles. The molecule has 0 aliphatic rings. The number of rotatable bonds is 4. The number of hydrogen-bond donors (Lipinski definition) is 2. The summed E-state index contributed by atoms with van der Waals surface area (Å²) in [5.74, 6) is -0.000324. The third-order valence-electron chi connectivity index (χ3n) is 2.36. The summed E-state index contributed by atoms with van der Waals surface area (Å²) in [4.78, 5) is 12.1. The van der Waals surface area contributed by atoms with Gasteiger partial charge in [0.05, 0.1) is 10.5 Å². The minimum atomic E-state index is -0.558. The van der Waals surface area contributed by atoms with Gasteiger partial charge in [0, 0.05) is 6.42 Å². The van der Waals surface area contributed by atoms with Crippen LogP contribution in [-0.4, -0.2) is 16.4 Å². The summed E-state index contributed by atoms with van der Waals surface area (Å²) in [7, 11) is 0. The largest absolute Gasteiger partial charge is 0.391 e. The molecule has 4 heteroatoms. The highest BCUT2D eigenvalue weighted by Crippen LogP contribution is 2.19. The molecule has 0 fully saturated rings. The Bertz CT molecular complexity index is 258. The predicted octanol–water partition coefficient (Wildman–Crippen LogP) is 1.99. The Morgan fingerprint density at radius 3 is 2.07 bits per heavy atom. The molecule has 1 atom stereocenters. The zero-order valence-corrected chi connectivity index (χ0v) is 11.1. The van der Waals surface area contributed by atoms with E-state index in [1.54, 1.807) is 0 Å². The number of carbonyl (C=O) groups is 1. The number of thiocarbonyl (C=S) groups is 1. The molecule has 0 heterocycles. The van der Waals surface area contributed by atoms with E-state index in [0.29, 0.717) is 17.8 Å². The van der Waals surface area contributed by atoms with Gasteiger partial charge < -0.3 is 11.1 Å². The van der Waals surface area contributed by atoms with E-state index in [2.05, 4.69) is 5.32 Å². The predicted molar refractivity (Wildman–Crippen MR) is 67.7 cm³/mol. The van der Waals surface area contributed by atoms with E-state index in [1.165, 1.54) is 0 Å². The maximum atomic E-state index is 11.7. The number of hydrogen-bond acceptors (Lipinski definition) is 2. The minimum Gasteiger partial charge on any atom is -0.391 e. The van der Waals surface area contributed by atoms with Gasteiger partial charge in [-0.15, -0.1) is 0 Å². The first-order chi connectivity index (χ1) is 6.60. The maximum absolute atomic E-state index is 11.7. The molecule has 0 radical (unpaired) electrons. The lowest BCUT2D eigenvalue weighted by atomic mass is 9.90. The normalized spacial score (nSPS) is 15.5. The Hall–Kier alpha value is -0.640. The lowest BCUT2D eigenvalue weighted by Gasteiger charge is -2.30. The first-order valence-electron chi connectivity index (χ1n) is 5.21. The lowest BCUT2D eigenvalue weighted by Crippen LogP contribution is -2.54. The first-order valence-corrected chi connectivity index (χ1v) is 5.62. The second kappa shape index (κ2) is 4.92. The van der Waals surface area contributed by atoms with E-state index in [0.717, 1.165) is 0 Å². The second-order valence-corrected chi connectivity index (χ2v) is 5.78. The van der Waals surface area contributed by atoms with Gasteiger partial charge in [0.1, 0.15) is 0 Å². The van der Waals surface area contributed by atoms with Crippen molar-refractivity contribution in [1.29, 1.82) is 0 Å². The Kier molecular flexibility index (Phi) is 4.71. The quantitative estimate of drug-likeness (QED) is 0.726. The van der Waals surface area contributed by atoms with Gasteiger partial charge in [-0.3, -0.25) is 4.79 Å². The molecule has 0 aromatic carbocycles. The van der Waals surface area contributed by atoms with Crippen LogP contribution in [0.1, 0.15) is 47.5 Å². The van der Waals surface area contributed by atoms with Gasteiger partial charge in [-0.2, -0.15) is 0 Å². The average molecular weight is 230 g/mol. The average Bonchev–Trinajstić information content (AvgIpc) is 1.99. The van der Waals surface area contributed by atoms with Gasteiger partial charge in [0.2, 0.25) is 5.91 Å². The molecular formula is C11H22N2OS. The number of nitrogens with two attached hydrogens (primary N) is 1. The number of nitrogens with one attached hydrogen (secondary N) is 1. The Morgan fingerprint density at radius 1 is 1.33 bits per heavy atom. The van der Waals surface area contributed by atoms with Crippen molar-refractivity contribution in [3.8, 4) is 0 Å². The summed E-state index contributed by atoms with van der Waals surface area (Å²) in [6.45, 7) is 9.89. The van der Waals surface area contributed by atoms with Crippen LogP contribution in [0.25, 0.3) is 0 Å². The molecule has 15 heavy (non-hydrogen) atoms. The highest BCUT2D eigenvalue weighted by molar-refractivity contribution is 7.80.